The van der Waals surface area contributed by atoms with E-state index in [1.54, 1.807) is 48.5 Å². The largest absolute Gasteiger partial charge is 0.358 e. The zero-order valence-electron chi connectivity index (χ0n) is 17.5. The quantitative estimate of drug-likeness (QED) is 0.424. The molecule has 6 heteroatoms. The molecular weight excluding hydrogens is 436 g/mol. The van der Waals surface area contributed by atoms with Crippen molar-refractivity contribution in [1.29, 1.82) is 0 Å². The normalized spacial score (nSPS) is 25.1. The number of halogens is 1. The third kappa shape index (κ3) is 2.89. The van der Waals surface area contributed by atoms with Gasteiger partial charge in [-0.25, -0.2) is 4.90 Å². The number of fused-ring (bicyclic) bond motifs is 5. The molecule has 3 aliphatic rings. The van der Waals surface area contributed by atoms with Gasteiger partial charge in [0.15, 0.2) is 5.78 Å². The minimum Gasteiger partial charge on any atom is -0.358 e. The van der Waals surface area contributed by atoms with Gasteiger partial charge in [-0.3, -0.25) is 14.4 Å². The molecule has 3 aromatic rings. The van der Waals surface area contributed by atoms with Crippen LogP contribution in [-0.2, 0) is 9.59 Å². The summed E-state index contributed by atoms with van der Waals surface area (Å²) in [6.07, 6.45) is 3.81. The number of Topliss-reactive ketones (excluding diaryl/α,β-unsaturated/α-hetero) is 1. The van der Waals surface area contributed by atoms with Gasteiger partial charge in [0.1, 0.15) is 6.04 Å². The van der Waals surface area contributed by atoms with Crippen molar-refractivity contribution in [2.75, 3.05) is 4.90 Å². The Morgan fingerprint density at radius 1 is 0.818 bits per heavy atom. The van der Waals surface area contributed by atoms with Crippen molar-refractivity contribution >= 4 is 41.0 Å². The van der Waals surface area contributed by atoms with Gasteiger partial charge in [-0.15, -0.1) is 0 Å². The third-order valence-electron chi connectivity index (χ3n) is 6.85. The highest BCUT2D eigenvalue weighted by Gasteiger charge is 2.64. The first-order chi connectivity index (χ1) is 16.1. The fraction of sp³-hybridized carbons (Fsp3) is 0.148. The maximum absolute atomic E-state index is 13.8. The number of ketones is 1. The molecule has 2 fully saturated rings. The molecule has 0 saturated carbocycles. The lowest BCUT2D eigenvalue weighted by Crippen LogP contribution is -2.44. The Kier molecular flexibility index (Phi) is 4.49. The Balaban J connectivity index is 1.51. The van der Waals surface area contributed by atoms with Gasteiger partial charge in [-0.2, -0.15) is 0 Å². The van der Waals surface area contributed by atoms with E-state index in [-0.39, 0.29) is 17.6 Å². The number of nitrogens with zero attached hydrogens (tertiary/aromatic N) is 2. The molecule has 2 saturated heterocycles. The molecule has 5 nitrogen and oxygen atoms in total. The maximum atomic E-state index is 13.8. The third-order valence-corrected chi connectivity index (χ3v) is 7.09. The molecular formula is C27H19ClN2O3. The SMILES string of the molecule is O=C(c1ccccc1)[C@H]1[C@H]2C(=O)N(c3cccc(Cl)c3)C(=O)[C@H]2[C@@H]2c3ccccc3C=CN12. The van der Waals surface area contributed by atoms with Crippen LogP contribution in [0.4, 0.5) is 5.69 Å². The first-order valence-electron chi connectivity index (χ1n) is 10.8. The highest BCUT2D eigenvalue weighted by atomic mass is 35.5. The lowest BCUT2D eigenvalue weighted by molar-refractivity contribution is -0.123. The lowest BCUT2D eigenvalue weighted by atomic mass is 9.83. The molecule has 33 heavy (non-hydrogen) atoms. The molecule has 0 unspecified atom stereocenters. The fourth-order valence-corrected chi connectivity index (χ4v) is 5.68. The summed E-state index contributed by atoms with van der Waals surface area (Å²) in [5.41, 5.74) is 2.90. The van der Waals surface area contributed by atoms with Crippen LogP contribution in [0.2, 0.25) is 5.02 Å². The molecule has 4 atom stereocenters. The van der Waals surface area contributed by atoms with E-state index < -0.39 is 23.9 Å². The molecule has 0 N–H and O–H groups in total. The van der Waals surface area contributed by atoms with Gasteiger partial charge < -0.3 is 4.90 Å². The van der Waals surface area contributed by atoms with Crippen molar-refractivity contribution in [3.63, 3.8) is 0 Å². The van der Waals surface area contributed by atoms with Crippen molar-refractivity contribution in [3.05, 3.63) is 107 Å². The van der Waals surface area contributed by atoms with Crippen LogP contribution < -0.4 is 4.90 Å². The van der Waals surface area contributed by atoms with Crippen molar-refractivity contribution in [1.82, 2.24) is 4.90 Å². The molecule has 0 aromatic heterocycles. The smallest absolute Gasteiger partial charge is 0.240 e. The molecule has 2 amide bonds. The number of imide groups is 1. The Morgan fingerprint density at radius 2 is 1.55 bits per heavy atom. The standard InChI is InChI=1S/C27H19ClN2O3/c28-18-10-6-11-19(15-18)30-26(32)21-22(27(30)33)24(25(31)17-8-2-1-3-9-17)29-14-13-16-7-4-5-12-20(16)23(21)29/h1-15,21-24H/t21-,22+,23+,24-/m1/s1. The number of carbonyl (C=O) groups is 3. The average molecular weight is 455 g/mol. The van der Waals surface area contributed by atoms with Gasteiger partial charge in [0.05, 0.1) is 23.6 Å². The van der Waals surface area contributed by atoms with Crippen LogP contribution in [0.5, 0.6) is 0 Å². The van der Waals surface area contributed by atoms with Crippen molar-refractivity contribution in [2.24, 2.45) is 11.8 Å². The van der Waals surface area contributed by atoms with Crippen LogP contribution in [-0.4, -0.2) is 28.5 Å². The summed E-state index contributed by atoms with van der Waals surface area (Å²) in [6.45, 7) is 0. The zero-order valence-corrected chi connectivity index (χ0v) is 18.2. The van der Waals surface area contributed by atoms with Crippen LogP contribution in [0.1, 0.15) is 27.5 Å². The van der Waals surface area contributed by atoms with E-state index in [9.17, 15) is 14.4 Å². The summed E-state index contributed by atoms with van der Waals surface area (Å²) < 4.78 is 0. The summed E-state index contributed by atoms with van der Waals surface area (Å²) in [6, 6.07) is 22.3. The van der Waals surface area contributed by atoms with Crippen molar-refractivity contribution in [2.45, 2.75) is 12.1 Å². The predicted octanol–water partition coefficient (Wildman–Crippen LogP) is 4.74. The van der Waals surface area contributed by atoms with E-state index in [0.29, 0.717) is 16.3 Å². The Bertz CT molecular complexity index is 1340. The van der Waals surface area contributed by atoms with E-state index in [1.807, 2.05) is 47.5 Å². The van der Waals surface area contributed by atoms with E-state index in [0.717, 1.165) is 11.1 Å². The molecule has 3 heterocycles. The van der Waals surface area contributed by atoms with Crippen LogP contribution in [0, 0.1) is 11.8 Å². The highest BCUT2D eigenvalue weighted by molar-refractivity contribution is 6.31. The number of anilines is 1. The average Bonchev–Trinajstić information content (AvgIpc) is 3.32. The summed E-state index contributed by atoms with van der Waals surface area (Å²) >= 11 is 6.16. The lowest BCUT2D eigenvalue weighted by Gasteiger charge is -2.35. The van der Waals surface area contributed by atoms with E-state index in [4.69, 9.17) is 11.6 Å². The maximum Gasteiger partial charge on any atom is 0.240 e. The monoisotopic (exact) mass is 454 g/mol. The minimum atomic E-state index is -0.787. The van der Waals surface area contributed by atoms with Crippen molar-refractivity contribution in [3.8, 4) is 0 Å². The van der Waals surface area contributed by atoms with Gasteiger partial charge in [0.25, 0.3) is 0 Å². The van der Waals surface area contributed by atoms with Gasteiger partial charge >= 0.3 is 0 Å². The zero-order chi connectivity index (χ0) is 22.7. The number of rotatable bonds is 3. The van der Waals surface area contributed by atoms with Gasteiger partial charge in [-0.1, -0.05) is 72.3 Å². The molecule has 0 radical (unpaired) electrons. The fourth-order valence-electron chi connectivity index (χ4n) is 5.50. The number of carbonyl (C=O) groups excluding carboxylic acids is 3. The molecule has 3 aromatic carbocycles. The molecule has 0 spiro atoms. The summed E-state index contributed by atoms with van der Waals surface area (Å²) in [5.74, 6) is -2.27. The second kappa shape index (κ2) is 7.42. The topological polar surface area (TPSA) is 57.7 Å². The molecule has 0 bridgehead atoms. The predicted molar refractivity (Wildman–Crippen MR) is 126 cm³/mol. The minimum absolute atomic E-state index is 0.161. The first kappa shape index (κ1) is 19.9. The molecule has 162 valence electrons. The summed E-state index contributed by atoms with van der Waals surface area (Å²) in [5, 5.41) is 0.439. The van der Waals surface area contributed by atoms with Gasteiger partial charge in [0, 0.05) is 16.8 Å². The summed E-state index contributed by atoms with van der Waals surface area (Å²) in [4.78, 5) is 44.4. The summed E-state index contributed by atoms with van der Waals surface area (Å²) in [7, 11) is 0. The number of hydrogen-bond donors (Lipinski definition) is 0. The van der Waals surface area contributed by atoms with Crippen LogP contribution in [0.3, 0.4) is 0 Å². The van der Waals surface area contributed by atoms with E-state index in [1.165, 1.54) is 4.90 Å². The van der Waals surface area contributed by atoms with Crippen LogP contribution in [0.25, 0.3) is 6.08 Å². The van der Waals surface area contributed by atoms with Crippen LogP contribution in [0.15, 0.2) is 85.1 Å². The van der Waals surface area contributed by atoms with E-state index >= 15 is 0 Å². The van der Waals surface area contributed by atoms with Gasteiger partial charge in [-0.05, 0) is 35.4 Å². The molecule has 0 aliphatic carbocycles. The number of benzene rings is 3. The van der Waals surface area contributed by atoms with Gasteiger partial charge in [0.2, 0.25) is 11.8 Å². The second-order valence-electron chi connectivity index (χ2n) is 8.56. The van der Waals surface area contributed by atoms with Crippen molar-refractivity contribution < 1.29 is 14.4 Å². The van der Waals surface area contributed by atoms with Crippen LogP contribution >= 0.6 is 11.6 Å². The number of hydrogen-bond acceptors (Lipinski definition) is 4. The highest BCUT2D eigenvalue weighted by Crippen LogP contribution is 2.53. The van der Waals surface area contributed by atoms with E-state index in [2.05, 4.69) is 0 Å². The number of amides is 2. The first-order valence-corrected chi connectivity index (χ1v) is 11.2. The molecule has 3 aliphatic heterocycles. The Labute approximate surface area is 195 Å². The Hall–Kier alpha value is -3.70. The second-order valence-corrected chi connectivity index (χ2v) is 8.99. The molecule has 6 rings (SSSR count). The Morgan fingerprint density at radius 3 is 2.33 bits per heavy atom.